The maximum absolute atomic E-state index is 11.3. The lowest BCUT2D eigenvalue weighted by atomic mass is 10.2. The number of hydrogen-bond donors (Lipinski definition) is 3. The molecule has 0 aliphatic heterocycles. The van der Waals surface area contributed by atoms with Crippen LogP contribution < -0.4 is 15.5 Å². The van der Waals surface area contributed by atoms with Crippen molar-refractivity contribution >= 4 is 18.0 Å². The molecule has 0 aliphatic rings. The van der Waals surface area contributed by atoms with E-state index in [0.717, 1.165) is 0 Å². The van der Waals surface area contributed by atoms with Gasteiger partial charge in [-0.25, -0.2) is 5.43 Å². The van der Waals surface area contributed by atoms with Crippen LogP contribution in [0.2, 0.25) is 0 Å². The summed E-state index contributed by atoms with van der Waals surface area (Å²) in [4.78, 5) is 22.6. The van der Waals surface area contributed by atoms with Gasteiger partial charge in [-0.1, -0.05) is 6.08 Å². The number of rotatable bonds is 6. The van der Waals surface area contributed by atoms with Crippen LogP contribution in [-0.4, -0.2) is 36.3 Å². The molecule has 0 saturated carbocycles. The number of aromatic hydroxyl groups is 1. The number of nitrogens with one attached hydrogen (secondary N) is 2. The van der Waals surface area contributed by atoms with Crippen LogP contribution in [0.15, 0.2) is 36.0 Å². The first-order valence-electron chi connectivity index (χ1n) is 6.26. The first-order valence-corrected chi connectivity index (χ1v) is 6.26. The first kappa shape index (κ1) is 16.2. The number of ether oxygens (including phenoxy) is 1. The molecule has 112 valence electrons. The molecule has 1 rings (SSSR count). The van der Waals surface area contributed by atoms with Gasteiger partial charge < -0.3 is 15.2 Å². The third-order valence-electron chi connectivity index (χ3n) is 2.28. The molecule has 1 aromatic rings. The summed E-state index contributed by atoms with van der Waals surface area (Å²) in [6.07, 6.45) is 2.79. The summed E-state index contributed by atoms with van der Waals surface area (Å²) in [5, 5.41) is 15.5. The molecular formula is C14H17N3O4. The van der Waals surface area contributed by atoms with Crippen molar-refractivity contribution in [3.63, 3.8) is 0 Å². The van der Waals surface area contributed by atoms with E-state index in [2.05, 4.69) is 22.4 Å². The van der Waals surface area contributed by atoms with Crippen LogP contribution in [0.4, 0.5) is 0 Å². The predicted molar refractivity (Wildman–Crippen MR) is 78.2 cm³/mol. The summed E-state index contributed by atoms with van der Waals surface area (Å²) in [7, 11) is 0. The van der Waals surface area contributed by atoms with E-state index in [1.807, 2.05) is 0 Å². The van der Waals surface area contributed by atoms with Gasteiger partial charge in [0.15, 0.2) is 11.5 Å². The molecule has 0 aromatic heterocycles. The van der Waals surface area contributed by atoms with E-state index >= 15 is 0 Å². The Morgan fingerprint density at radius 3 is 2.86 bits per heavy atom. The normalized spacial score (nSPS) is 10.1. The Labute approximate surface area is 122 Å². The lowest BCUT2D eigenvalue weighted by Gasteiger charge is -2.06. The van der Waals surface area contributed by atoms with E-state index in [1.54, 1.807) is 19.1 Å². The van der Waals surface area contributed by atoms with Crippen molar-refractivity contribution in [3.05, 3.63) is 36.4 Å². The fraction of sp³-hybridized carbons (Fsp3) is 0.214. The molecule has 0 unspecified atom stereocenters. The van der Waals surface area contributed by atoms with E-state index in [-0.39, 0.29) is 12.3 Å². The number of hydrogen-bond acceptors (Lipinski definition) is 5. The molecule has 0 saturated heterocycles. The summed E-state index contributed by atoms with van der Waals surface area (Å²) in [5.74, 6) is -1.34. The van der Waals surface area contributed by atoms with Crippen LogP contribution in [0.3, 0.4) is 0 Å². The lowest BCUT2D eigenvalue weighted by Crippen LogP contribution is -2.37. The van der Waals surface area contributed by atoms with E-state index in [1.165, 1.54) is 18.4 Å². The zero-order chi connectivity index (χ0) is 15.7. The smallest absolute Gasteiger partial charge is 0.329 e. The molecule has 7 heteroatoms. The summed E-state index contributed by atoms with van der Waals surface area (Å²) < 4.78 is 5.21. The lowest BCUT2D eigenvalue weighted by molar-refractivity contribution is -0.139. The van der Waals surface area contributed by atoms with Gasteiger partial charge in [0.1, 0.15) is 0 Å². The van der Waals surface area contributed by atoms with Crippen LogP contribution in [0.25, 0.3) is 0 Å². The molecule has 3 N–H and O–H groups in total. The molecule has 0 heterocycles. The highest BCUT2D eigenvalue weighted by molar-refractivity contribution is 6.35. The molecule has 0 aliphatic carbocycles. The summed E-state index contributed by atoms with van der Waals surface area (Å²) in [6.45, 7) is 5.82. The number of phenolic OH excluding ortho intramolecular Hbond substituents is 1. The minimum absolute atomic E-state index is 0.0156. The molecule has 0 radical (unpaired) electrons. The second-order valence-corrected chi connectivity index (χ2v) is 3.86. The Kier molecular flexibility index (Phi) is 6.46. The fourth-order valence-corrected chi connectivity index (χ4v) is 1.34. The van der Waals surface area contributed by atoms with E-state index in [4.69, 9.17) is 4.74 Å². The van der Waals surface area contributed by atoms with Gasteiger partial charge in [0.25, 0.3) is 0 Å². The van der Waals surface area contributed by atoms with Crippen molar-refractivity contribution in [1.82, 2.24) is 10.7 Å². The molecule has 7 nitrogen and oxygen atoms in total. The van der Waals surface area contributed by atoms with Crippen LogP contribution >= 0.6 is 0 Å². The molecular weight excluding hydrogens is 274 g/mol. The number of phenols is 1. The second-order valence-electron chi connectivity index (χ2n) is 3.86. The Balaban J connectivity index is 2.60. The Hall–Kier alpha value is -2.83. The first-order chi connectivity index (χ1) is 10.1. The van der Waals surface area contributed by atoms with Crippen molar-refractivity contribution in [3.8, 4) is 11.5 Å². The van der Waals surface area contributed by atoms with Gasteiger partial charge in [-0.3, -0.25) is 9.59 Å². The maximum Gasteiger partial charge on any atom is 0.329 e. The van der Waals surface area contributed by atoms with Crippen LogP contribution in [0.5, 0.6) is 11.5 Å². The number of carbonyl (C=O) groups is 2. The second kappa shape index (κ2) is 8.36. The average molecular weight is 291 g/mol. The van der Waals surface area contributed by atoms with Crippen molar-refractivity contribution in [2.75, 3.05) is 13.2 Å². The SMILES string of the molecule is C=CCNC(=O)C(=O)NN=Cc1ccc(O)c(OCC)c1. The average Bonchev–Trinajstić information content (AvgIpc) is 2.48. The molecule has 2 amide bonds. The van der Waals surface area contributed by atoms with E-state index in [9.17, 15) is 14.7 Å². The number of hydrazone groups is 1. The summed E-state index contributed by atoms with van der Waals surface area (Å²) >= 11 is 0. The largest absolute Gasteiger partial charge is 0.504 e. The van der Waals surface area contributed by atoms with Crippen molar-refractivity contribution < 1.29 is 19.4 Å². The topological polar surface area (TPSA) is 100 Å². The fourth-order valence-electron chi connectivity index (χ4n) is 1.34. The zero-order valence-corrected chi connectivity index (χ0v) is 11.6. The highest BCUT2D eigenvalue weighted by atomic mass is 16.5. The third-order valence-corrected chi connectivity index (χ3v) is 2.28. The van der Waals surface area contributed by atoms with Crippen molar-refractivity contribution in [1.29, 1.82) is 0 Å². The van der Waals surface area contributed by atoms with E-state index in [0.29, 0.717) is 17.9 Å². The van der Waals surface area contributed by atoms with Crippen LogP contribution in [-0.2, 0) is 9.59 Å². The minimum Gasteiger partial charge on any atom is -0.504 e. The Bertz CT molecular complexity index is 555. The number of carbonyl (C=O) groups excluding carboxylic acids is 2. The maximum atomic E-state index is 11.3. The molecule has 21 heavy (non-hydrogen) atoms. The molecule has 1 aromatic carbocycles. The minimum atomic E-state index is -0.878. The summed E-state index contributed by atoms with van der Waals surface area (Å²) in [5.41, 5.74) is 2.69. The van der Waals surface area contributed by atoms with Gasteiger partial charge in [-0.2, -0.15) is 5.10 Å². The van der Waals surface area contributed by atoms with Gasteiger partial charge >= 0.3 is 11.8 Å². The van der Waals surface area contributed by atoms with Crippen molar-refractivity contribution in [2.24, 2.45) is 5.10 Å². The number of amides is 2. The van der Waals surface area contributed by atoms with E-state index < -0.39 is 11.8 Å². The van der Waals surface area contributed by atoms with Gasteiger partial charge in [0.05, 0.1) is 12.8 Å². The third kappa shape index (κ3) is 5.35. The molecule has 0 spiro atoms. The molecule has 0 bridgehead atoms. The quantitative estimate of drug-likeness (QED) is 0.308. The zero-order valence-electron chi connectivity index (χ0n) is 11.6. The van der Waals surface area contributed by atoms with Crippen LogP contribution in [0.1, 0.15) is 12.5 Å². The number of nitrogens with zero attached hydrogens (tertiary/aromatic N) is 1. The van der Waals surface area contributed by atoms with Gasteiger partial charge in [-0.15, -0.1) is 6.58 Å². The molecule has 0 atom stereocenters. The van der Waals surface area contributed by atoms with Crippen molar-refractivity contribution in [2.45, 2.75) is 6.92 Å². The summed E-state index contributed by atoms with van der Waals surface area (Å²) in [6, 6.07) is 4.60. The monoisotopic (exact) mass is 291 g/mol. The standard InChI is InChI=1S/C14H17N3O4/c1-3-7-15-13(19)14(20)17-16-9-10-5-6-11(18)12(8-10)21-4-2/h3,5-6,8-9,18H,1,4,7H2,2H3,(H,15,19)(H,17,20). The van der Waals surface area contributed by atoms with Gasteiger partial charge in [0, 0.05) is 6.54 Å². The highest BCUT2D eigenvalue weighted by Crippen LogP contribution is 2.25. The number of benzene rings is 1. The Morgan fingerprint density at radius 1 is 1.43 bits per heavy atom. The van der Waals surface area contributed by atoms with Crippen LogP contribution in [0, 0.1) is 0 Å². The Morgan fingerprint density at radius 2 is 2.19 bits per heavy atom. The predicted octanol–water partition coefficient (Wildman–Crippen LogP) is 0.543. The van der Waals surface area contributed by atoms with Gasteiger partial charge in [0.2, 0.25) is 0 Å². The highest BCUT2D eigenvalue weighted by Gasteiger charge is 2.10. The molecule has 0 fully saturated rings. The van der Waals surface area contributed by atoms with Gasteiger partial charge in [-0.05, 0) is 30.7 Å².